The molecular weight excluding hydrogens is 358 g/mol. The Labute approximate surface area is 155 Å². The summed E-state index contributed by atoms with van der Waals surface area (Å²) in [6.07, 6.45) is 12.1. The average molecular weight is 386 g/mol. The van der Waals surface area contributed by atoms with Gasteiger partial charge in [0, 0.05) is 15.7 Å². The number of hydrogen-bond donors (Lipinski definition) is 0. The zero-order valence-electron chi connectivity index (χ0n) is 14.7. The molecule has 0 spiro atoms. The lowest BCUT2D eigenvalue weighted by molar-refractivity contribution is 0.401. The van der Waals surface area contributed by atoms with Crippen molar-refractivity contribution in [3.05, 3.63) is 52.1 Å². The van der Waals surface area contributed by atoms with Crippen LogP contribution in [0.4, 0.5) is 0 Å². The number of benzene rings is 1. The van der Waals surface area contributed by atoms with E-state index in [9.17, 15) is 0 Å². The monoisotopic (exact) mass is 385 g/mol. The van der Waals surface area contributed by atoms with E-state index < -0.39 is 0 Å². The zero-order chi connectivity index (χ0) is 16.8. The van der Waals surface area contributed by atoms with Crippen molar-refractivity contribution < 1.29 is 0 Å². The van der Waals surface area contributed by atoms with Crippen molar-refractivity contribution in [3.63, 3.8) is 0 Å². The fourth-order valence-electron chi connectivity index (χ4n) is 3.75. The fraction of sp³-hybridized carbons (Fsp3) is 0.500. The highest BCUT2D eigenvalue weighted by atomic mass is 79.9. The summed E-state index contributed by atoms with van der Waals surface area (Å²) in [6, 6.07) is 13.0. The molecule has 3 rings (SSSR count). The molecule has 0 fully saturated rings. The third-order valence-corrected chi connectivity index (χ3v) is 5.75. The molecule has 0 N–H and O–H groups in total. The lowest BCUT2D eigenvalue weighted by Gasteiger charge is -2.24. The Morgan fingerprint density at radius 1 is 1.00 bits per heavy atom. The van der Waals surface area contributed by atoms with E-state index in [4.69, 9.17) is 4.98 Å². The summed E-state index contributed by atoms with van der Waals surface area (Å²) in [5, 5.41) is 0. The average Bonchev–Trinajstić information content (AvgIpc) is 2.62. The number of aromatic nitrogens is 1. The van der Waals surface area contributed by atoms with Crippen LogP contribution in [0.5, 0.6) is 0 Å². The SMILES string of the molecule is CCCCCCCC1CCc2nc(-c3ccc(Br)cc3)ccc2C1. The van der Waals surface area contributed by atoms with Gasteiger partial charge in [0.15, 0.2) is 0 Å². The van der Waals surface area contributed by atoms with Crippen LogP contribution in [0.3, 0.4) is 0 Å². The van der Waals surface area contributed by atoms with Crippen LogP contribution in [0.15, 0.2) is 40.9 Å². The van der Waals surface area contributed by atoms with Crippen molar-refractivity contribution in [1.29, 1.82) is 0 Å². The third kappa shape index (κ3) is 4.69. The zero-order valence-corrected chi connectivity index (χ0v) is 16.3. The quantitative estimate of drug-likeness (QED) is 0.468. The van der Waals surface area contributed by atoms with Gasteiger partial charge in [-0.2, -0.15) is 0 Å². The van der Waals surface area contributed by atoms with Crippen molar-refractivity contribution in [2.45, 2.75) is 64.7 Å². The summed E-state index contributed by atoms with van der Waals surface area (Å²) in [4.78, 5) is 4.95. The summed E-state index contributed by atoms with van der Waals surface area (Å²) < 4.78 is 1.12. The van der Waals surface area contributed by atoms with Gasteiger partial charge in [-0.15, -0.1) is 0 Å². The first-order chi connectivity index (χ1) is 11.8. The highest BCUT2D eigenvalue weighted by Crippen LogP contribution is 2.30. The summed E-state index contributed by atoms with van der Waals surface area (Å²) in [5.41, 5.74) is 5.14. The van der Waals surface area contributed by atoms with Crippen LogP contribution in [0.1, 0.15) is 63.1 Å². The molecule has 2 aromatic rings. The molecule has 24 heavy (non-hydrogen) atoms. The van der Waals surface area contributed by atoms with E-state index in [1.165, 1.54) is 68.2 Å². The molecule has 1 aromatic heterocycles. The van der Waals surface area contributed by atoms with Crippen LogP contribution in [0.25, 0.3) is 11.3 Å². The Morgan fingerprint density at radius 3 is 2.58 bits per heavy atom. The molecule has 1 aliphatic carbocycles. The summed E-state index contributed by atoms with van der Waals surface area (Å²) >= 11 is 3.50. The molecule has 0 bridgehead atoms. The molecule has 1 unspecified atom stereocenters. The molecule has 0 radical (unpaired) electrons. The van der Waals surface area contributed by atoms with Crippen LogP contribution in [-0.2, 0) is 12.8 Å². The number of aryl methyl sites for hydroxylation is 1. The molecule has 1 aromatic carbocycles. The third-order valence-electron chi connectivity index (χ3n) is 5.22. The van der Waals surface area contributed by atoms with E-state index in [1.807, 2.05) is 0 Å². The van der Waals surface area contributed by atoms with E-state index in [0.29, 0.717) is 0 Å². The first kappa shape index (κ1) is 17.7. The van der Waals surface area contributed by atoms with Gasteiger partial charge in [-0.25, -0.2) is 0 Å². The second kappa shape index (κ2) is 8.80. The molecule has 0 saturated heterocycles. The van der Waals surface area contributed by atoms with Gasteiger partial charge in [0.1, 0.15) is 0 Å². The topological polar surface area (TPSA) is 12.9 Å². The van der Waals surface area contributed by atoms with Gasteiger partial charge < -0.3 is 0 Å². The number of rotatable bonds is 7. The Balaban J connectivity index is 1.59. The van der Waals surface area contributed by atoms with Gasteiger partial charge in [-0.3, -0.25) is 4.98 Å². The predicted octanol–water partition coefficient (Wildman–Crippen LogP) is 6.98. The normalized spacial score (nSPS) is 16.8. The second-order valence-corrected chi connectivity index (χ2v) is 8.04. The standard InChI is InChI=1S/C22H28BrN/c1-2-3-4-5-6-7-17-8-14-22-19(16-17)11-15-21(24-22)18-9-12-20(23)13-10-18/h9-13,15,17H,2-8,14,16H2,1H3. The first-order valence-corrected chi connectivity index (χ1v) is 10.3. The molecular formula is C22H28BrN. The van der Waals surface area contributed by atoms with Crippen molar-refractivity contribution in [2.24, 2.45) is 5.92 Å². The lowest BCUT2D eigenvalue weighted by Crippen LogP contribution is -2.15. The highest BCUT2D eigenvalue weighted by molar-refractivity contribution is 9.10. The number of halogens is 1. The Hall–Kier alpha value is -1.15. The molecule has 128 valence electrons. The summed E-state index contributed by atoms with van der Waals surface area (Å²) in [6.45, 7) is 2.29. The largest absolute Gasteiger partial charge is 0.253 e. The van der Waals surface area contributed by atoms with Crippen molar-refractivity contribution in [1.82, 2.24) is 4.98 Å². The van der Waals surface area contributed by atoms with E-state index in [2.05, 4.69) is 59.3 Å². The van der Waals surface area contributed by atoms with Crippen molar-refractivity contribution in [3.8, 4) is 11.3 Å². The lowest BCUT2D eigenvalue weighted by atomic mass is 9.83. The summed E-state index contributed by atoms with van der Waals surface area (Å²) in [5.74, 6) is 0.874. The van der Waals surface area contributed by atoms with Crippen LogP contribution in [0.2, 0.25) is 0 Å². The maximum Gasteiger partial charge on any atom is 0.0705 e. The number of pyridine rings is 1. The number of fused-ring (bicyclic) bond motifs is 1. The molecule has 1 atom stereocenters. The van der Waals surface area contributed by atoms with E-state index in [-0.39, 0.29) is 0 Å². The molecule has 0 saturated carbocycles. The van der Waals surface area contributed by atoms with Crippen LogP contribution in [0, 0.1) is 5.92 Å². The minimum Gasteiger partial charge on any atom is -0.253 e. The Kier molecular flexibility index (Phi) is 6.48. The second-order valence-electron chi connectivity index (χ2n) is 7.12. The predicted molar refractivity (Wildman–Crippen MR) is 106 cm³/mol. The summed E-state index contributed by atoms with van der Waals surface area (Å²) in [7, 11) is 0. The minimum atomic E-state index is 0.874. The minimum absolute atomic E-state index is 0.874. The van der Waals surface area contributed by atoms with Gasteiger partial charge in [-0.1, -0.05) is 79.6 Å². The van der Waals surface area contributed by atoms with Crippen LogP contribution in [-0.4, -0.2) is 4.98 Å². The number of nitrogens with zero attached hydrogens (tertiary/aromatic N) is 1. The maximum atomic E-state index is 4.95. The Morgan fingerprint density at radius 2 is 1.79 bits per heavy atom. The molecule has 0 aliphatic heterocycles. The van der Waals surface area contributed by atoms with Gasteiger partial charge in [0.05, 0.1) is 5.69 Å². The van der Waals surface area contributed by atoms with Crippen LogP contribution < -0.4 is 0 Å². The number of unbranched alkanes of at least 4 members (excludes halogenated alkanes) is 4. The smallest absolute Gasteiger partial charge is 0.0705 e. The van der Waals surface area contributed by atoms with Gasteiger partial charge in [0.25, 0.3) is 0 Å². The number of hydrogen-bond acceptors (Lipinski definition) is 1. The maximum absolute atomic E-state index is 4.95. The molecule has 0 amide bonds. The molecule has 1 aliphatic rings. The van der Waals surface area contributed by atoms with Gasteiger partial charge in [0.2, 0.25) is 0 Å². The van der Waals surface area contributed by atoms with Gasteiger partial charge >= 0.3 is 0 Å². The Bertz CT molecular complexity index is 648. The molecule has 1 nitrogen and oxygen atoms in total. The fourth-order valence-corrected chi connectivity index (χ4v) is 4.02. The van der Waals surface area contributed by atoms with Crippen molar-refractivity contribution in [2.75, 3.05) is 0 Å². The molecule has 1 heterocycles. The van der Waals surface area contributed by atoms with E-state index >= 15 is 0 Å². The van der Waals surface area contributed by atoms with Crippen molar-refractivity contribution >= 4 is 15.9 Å². The first-order valence-electron chi connectivity index (χ1n) is 9.51. The van der Waals surface area contributed by atoms with E-state index in [1.54, 1.807) is 0 Å². The van der Waals surface area contributed by atoms with E-state index in [0.717, 1.165) is 22.5 Å². The highest BCUT2D eigenvalue weighted by Gasteiger charge is 2.19. The molecule has 2 heteroatoms. The van der Waals surface area contributed by atoms with Gasteiger partial charge in [-0.05, 0) is 48.9 Å². The van der Waals surface area contributed by atoms with Crippen LogP contribution >= 0.6 is 15.9 Å².